The van der Waals surface area contributed by atoms with Crippen molar-refractivity contribution in [3.8, 4) is 0 Å². The van der Waals surface area contributed by atoms with Gasteiger partial charge in [0.2, 0.25) is 5.91 Å². The SMILES string of the molecule is O=C(CC1(CS)CC1)NCC1(CO)CC1. The van der Waals surface area contributed by atoms with Gasteiger partial charge in [0, 0.05) is 18.4 Å². The standard InChI is InChI=1S/C11H19NO2S/c13-7-11(3-4-11)6-12-9(14)5-10(8-15)1-2-10/h13,15H,1-8H2,(H,12,14). The number of rotatable bonds is 6. The Labute approximate surface area is 96.0 Å². The molecule has 2 saturated carbocycles. The second kappa shape index (κ2) is 3.98. The monoisotopic (exact) mass is 229 g/mol. The summed E-state index contributed by atoms with van der Waals surface area (Å²) in [5, 5.41) is 12.0. The average Bonchev–Trinajstić information content (AvgIpc) is 3.12. The molecule has 0 atom stereocenters. The number of carbonyl (C=O) groups is 1. The Hall–Kier alpha value is -0.220. The molecule has 0 unspecified atom stereocenters. The molecule has 3 nitrogen and oxygen atoms in total. The number of aliphatic hydroxyl groups excluding tert-OH is 1. The number of hydrogen-bond donors (Lipinski definition) is 3. The molecule has 0 bridgehead atoms. The van der Waals surface area contributed by atoms with Crippen molar-refractivity contribution < 1.29 is 9.90 Å². The molecule has 0 aliphatic heterocycles. The highest BCUT2D eigenvalue weighted by Crippen LogP contribution is 2.49. The smallest absolute Gasteiger partial charge is 0.220 e. The van der Waals surface area contributed by atoms with Crippen molar-refractivity contribution in [2.24, 2.45) is 10.8 Å². The molecule has 2 rings (SSSR count). The fourth-order valence-corrected chi connectivity index (χ4v) is 2.25. The van der Waals surface area contributed by atoms with Crippen LogP contribution in [0, 0.1) is 10.8 Å². The van der Waals surface area contributed by atoms with Crippen LogP contribution in [0.15, 0.2) is 0 Å². The van der Waals surface area contributed by atoms with Crippen molar-refractivity contribution in [3.05, 3.63) is 0 Å². The number of thiol groups is 1. The first-order valence-electron chi connectivity index (χ1n) is 5.62. The molecule has 0 heterocycles. The van der Waals surface area contributed by atoms with Crippen LogP contribution in [0.3, 0.4) is 0 Å². The molecule has 15 heavy (non-hydrogen) atoms. The quantitative estimate of drug-likeness (QED) is 0.595. The van der Waals surface area contributed by atoms with E-state index in [0.717, 1.165) is 31.4 Å². The van der Waals surface area contributed by atoms with Gasteiger partial charge in [-0.25, -0.2) is 0 Å². The number of hydrogen-bond acceptors (Lipinski definition) is 3. The third-order valence-corrected chi connectivity index (χ3v) is 4.45. The first kappa shape index (κ1) is 11.3. The van der Waals surface area contributed by atoms with E-state index in [1.165, 1.54) is 0 Å². The normalized spacial score (nSPS) is 24.7. The Morgan fingerprint density at radius 1 is 1.27 bits per heavy atom. The highest BCUT2D eigenvalue weighted by atomic mass is 32.1. The van der Waals surface area contributed by atoms with Crippen LogP contribution in [0.5, 0.6) is 0 Å². The molecule has 0 aromatic rings. The lowest BCUT2D eigenvalue weighted by atomic mass is 10.0. The minimum atomic E-state index is 0.0212. The van der Waals surface area contributed by atoms with Crippen molar-refractivity contribution in [2.45, 2.75) is 32.1 Å². The van der Waals surface area contributed by atoms with Crippen LogP contribution in [0.4, 0.5) is 0 Å². The molecule has 0 spiro atoms. The summed E-state index contributed by atoms with van der Waals surface area (Å²) in [7, 11) is 0. The van der Waals surface area contributed by atoms with Gasteiger partial charge in [-0.1, -0.05) is 0 Å². The number of amides is 1. The van der Waals surface area contributed by atoms with Crippen LogP contribution >= 0.6 is 12.6 Å². The molecule has 0 saturated heterocycles. The lowest BCUT2D eigenvalue weighted by Gasteiger charge is -2.15. The van der Waals surface area contributed by atoms with Gasteiger partial charge in [0.05, 0.1) is 6.61 Å². The van der Waals surface area contributed by atoms with Crippen molar-refractivity contribution in [2.75, 3.05) is 18.9 Å². The summed E-state index contributed by atoms with van der Waals surface area (Å²) in [6.07, 6.45) is 4.96. The van der Waals surface area contributed by atoms with E-state index in [2.05, 4.69) is 17.9 Å². The molecule has 0 radical (unpaired) electrons. The van der Waals surface area contributed by atoms with Crippen LogP contribution in [-0.4, -0.2) is 29.9 Å². The van der Waals surface area contributed by atoms with E-state index in [4.69, 9.17) is 5.11 Å². The predicted molar refractivity (Wildman–Crippen MR) is 61.9 cm³/mol. The molecular weight excluding hydrogens is 210 g/mol. The fourth-order valence-electron chi connectivity index (χ4n) is 1.82. The zero-order valence-electron chi connectivity index (χ0n) is 8.96. The Bertz CT molecular complexity index is 259. The van der Waals surface area contributed by atoms with Crippen LogP contribution in [-0.2, 0) is 4.79 Å². The first-order valence-corrected chi connectivity index (χ1v) is 6.25. The number of carbonyl (C=O) groups excluding carboxylic acids is 1. The lowest BCUT2D eigenvalue weighted by molar-refractivity contribution is -0.122. The summed E-state index contributed by atoms with van der Waals surface area (Å²) in [6.45, 7) is 0.843. The van der Waals surface area contributed by atoms with E-state index in [1.54, 1.807) is 0 Å². The van der Waals surface area contributed by atoms with Crippen molar-refractivity contribution in [3.63, 3.8) is 0 Å². The Kier molecular flexibility index (Phi) is 2.99. The molecule has 86 valence electrons. The van der Waals surface area contributed by atoms with Gasteiger partial charge >= 0.3 is 0 Å². The van der Waals surface area contributed by atoms with E-state index < -0.39 is 0 Å². The van der Waals surface area contributed by atoms with Gasteiger partial charge < -0.3 is 10.4 Å². The molecule has 4 heteroatoms. The molecule has 2 fully saturated rings. The van der Waals surface area contributed by atoms with Crippen LogP contribution in [0.2, 0.25) is 0 Å². The summed E-state index contributed by atoms with van der Waals surface area (Å²) in [5.41, 5.74) is 0.219. The van der Waals surface area contributed by atoms with Crippen molar-refractivity contribution in [1.29, 1.82) is 0 Å². The van der Waals surface area contributed by atoms with E-state index in [1.807, 2.05) is 0 Å². The van der Waals surface area contributed by atoms with Gasteiger partial charge in [-0.2, -0.15) is 12.6 Å². The summed E-state index contributed by atoms with van der Waals surface area (Å²) in [4.78, 5) is 11.6. The Morgan fingerprint density at radius 3 is 2.27 bits per heavy atom. The second-order valence-corrected chi connectivity index (χ2v) is 5.59. The van der Waals surface area contributed by atoms with Crippen LogP contribution in [0.25, 0.3) is 0 Å². The maximum absolute atomic E-state index is 11.6. The highest BCUT2D eigenvalue weighted by Gasteiger charge is 2.45. The molecule has 2 aliphatic carbocycles. The Balaban J connectivity index is 1.69. The number of nitrogens with one attached hydrogen (secondary N) is 1. The molecule has 2 N–H and O–H groups in total. The highest BCUT2D eigenvalue weighted by molar-refractivity contribution is 7.80. The van der Waals surface area contributed by atoms with Crippen LogP contribution < -0.4 is 5.32 Å². The van der Waals surface area contributed by atoms with E-state index in [-0.39, 0.29) is 23.3 Å². The molecule has 1 amide bonds. The Morgan fingerprint density at radius 2 is 1.87 bits per heavy atom. The topological polar surface area (TPSA) is 49.3 Å². The van der Waals surface area contributed by atoms with E-state index in [9.17, 15) is 4.79 Å². The van der Waals surface area contributed by atoms with Crippen molar-refractivity contribution >= 4 is 18.5 Å². The first-order chi connectivity index (χ1) is 7.14. The van der Waals surface area contributed by atoms with Gasteiger partial charge in [0.15, 0.2) is 0 Å². The zero-order chi connectivity index (χ0) is 10.9. The third-order valence-electron chi connectivity index (χ3n) is 3.78. The summed E-state index contributed by atoms with van der Waals surface area (Å²) in [6, 6.07) is 0. The molecule has 2 aliphatic rings. The zero-order valence-corrected chi connectivity index (χ0v) is 9.85. The van der Waals surface area contributed by atoms with Gasteiger partial charge in [0.25, 0.3) is 0 Å². The van der Waals surface area contributed by atoms with Crippen molar-refractivity contribution in [1.82, 2.24) is 5.32 Å². The fraction of sp³-hybridized carbons (Fsp3) is 0.909. The minimum absolute atomic E-state index is 0.0212. The molecule has 0 aromatic carbocycles. The van der Waals surface area contributed by atoms with Gasteiger partial charge in [-0.15, -0.1) is 0 Å². The maximum Gasteiger partial charge on any atom is 0.220 e. The molecule has 0 aromatic heterocycles. The lowest BCUT2D eigenvalue weighted by Crippen LogP contribution is -2.33. The third kappa shape index (κ3) is 2.67. The molecular formula is C11H19NO2S. The largest absolute Gasteiger partial charge is 0.396 e. The average molecular weight is 229 g/mol. The van der Waals surface area contributed by atoms with Crippen LogP contribution in [0.1, 0.15) is 32.1 Å². The summed E-state index contributed by atoms with van der Waals surface area (Å²) < 4.78 is 0. The second-order valence-electron chi connectivity index (χ2n) is 5.27. The van der Waals surface area contributed by atoms with Gasteiger partial charge in [0.1, 0.15) is 0 Å². The maximum atomic E-state index is 11.6. The predicted octanol–water partition coefficient (Wildman–Crippen LogP) is 0.975. The van der Waals surface area contributed by atoms with E-state index in [0.29, 0.717) is 13.0 Å². The van der Waals surface area contributed by atoms with Gasteiger partial charge in [-0.3, -0.25) is 4.79 Å². The van der Waals surface area contributed by atoms with Gasteiger partial charge in [-0.05, 0) is 36.9 Å². The minimum Gasteiger partial charge on any atom is -0.396 e. The number of aliphatic hydroxyl groups is 1. The summed E-state index contributed by atoms with van der Waals surface area (Å²) >= 11 is 4.27. The van der Waals surface area contributed by atoms with E-state index >= 15 is 0 Å². The summed E-state index contributed by atoms with van der Waals surface area (Å²) in [5.74, 6) is 0.937.